The van der Waals surface area contributed by atoms with Crippen molar-refractivity contribution in [2.75, 3.05) is 13.2 Å². The third kappa shape index (κ3) is 3.58. The van der Waals surface area contributed by atoms with Gasteiger partial charge in [-0.2, -0.15) is 0 Å². The average molecular weight is 523 g/mol. The van der Waals surface area contributed by atoms with Crippen LogP contribution in [-0.4, -0.2) is 76.1 Å². The maximum Gasteiger partial charge on any atom is 0.303 e. The summed E-state index contributed by atoms with van der Waals surface area (Å²) < 4.78 is 21.7. The topological polar surface area (TPSA) is 170 Å². The van der Waals surface area contributed by atoms with Crippen molar-refractivity contribution in [2.45, 2.75) is 83.2 Å². The molecule has 0 radical (unpaired) electrons. The summed E-state index contributed by atoms with van der Waals surface area (Å²) >= 11 is 0. The molecule has 11 heteroatoms. The van der Waals surface area contributed by atoms with Crippen molar-refractivity contribution in [3.05, 3.63) is 23.7 Å². The second-order valence-electron chi connectivity index (χ2n) is 11.0. The van der Waals surface area contributed by atoms with Gasteiger partial charge >= 0.3 is 17.9 Å². The molecule has 4 rings (SSSR count). The number of carbonyl (C=O) groups excluding carboxylic acids is 4. The summed E-state index contributed by atoms with van der Waals surface area (Å²) in [5.41, 5.74) is -6.26. The molecule has 37 heavy (non-hydrogen) atoms. The van der Waals surface area contributed by atoms with Crippen molar-refractivity contribution < 1.29 is 53.1 Å². The van der Waals surface area contributed by atoms with E-state index in [1.54, 1.807) is 19.9 Å². The second kappa shape index (κ2) is 8.92. The lowest BCUT2D eigenvalue weighted by Gasteiger charge is -2.69. The lowest BCUT2D eigenvalue weighted by molar-refractivity contribution is -0.320. The van der Waals surface area contributed by atoms with E-state index in [2.05, 4.69) is 0 Å². The van der Waals surface area contributed by atoms with E-state index < -0.39 is 83.0 Å². The van der Waals surface area contributed by atoms with E-state index >= 15 is 0 Å². The number of furan rings is 1. The van der Waals surface area contributed by atoms with Crippen LogP contribution in [0.25, 0.3) is 0 Å². The molecule has 3 aliphatic carbocycles. The Balaban J connectivity index is 2.02. The molecule has 0 spiro atoms. The monoisotopic (exact) mass is 522 g/mol. The first-order chi connectivity index (χ1) is 17.2. The number of fused-ring (bicyclic) bond motifs is 5. The number of carbonyl (C=O) groups is 4. The first-order valence-electron chi connectivity index (χ1n) is 12.3. The lowest BCUT2D eigenvalue weighted by atomic mass is 9.35. The first kappa shape index (κ1) is 27.3. The van der Waals surface area contributed by atoms with Gasteiger partial charge < -0.3 is 33.9 Å². The van der Waals surface area contributed by atoms with Crippen LogP contribution in [-0.2, 0) is 45.2 Å². The zero-order valence-electron chi connectivity index (χ0n) is 21.6. The number of hydrogen-bond acceptors (Lipinski definition) is 11. The van der Waals surface area contributed by atoms with Crippen LogP contribution in [0.5, 0.6) is 0 Å². The SMILES string of the molecule is CC(=O)OC[C@@]12[C@@H](O)C(=O)[C@@]3(C)c4occc4CC[C@]3(C)[C@H]1[C@@H](O)C[C@@H](OC(C)=O)[C@]2(O)COC(C)=O. The molecule has 0 aliphatic heterocycles. The highest BCUT2D eigenvalue weighted by atomic mass is 16.6. The average Bonchev–Trinajstić information content (AvgIpc) is 3.29. The number of aliphatic hydroxyl groups excluding tert-OH is 2. The molecule has 0 amide bonds. The van der Waals surface area contributed by atoms with Gasteiger partial charge in [0.05, 0.1) is 23.2 Å². The highest BCUT2D eigenvalue weighted by molar-refractivity contribution is 5.96. The molecule has 0 unspecified atom stereocenters. The van der Waals surface area contributed by atoms with Crippen LogP contribution >= 0.6 is 0 Å². The number of aryl methyl sites for hydroxylation is 1. The maximum absolute atomic E-state index is 14.3. The van der Waals surface area contributed by atoms with Gasteiger partial charge in [-0.15, -0.1) is 0 Å². The number of aliphatic hydroxyl groups is 3. The van der Waals surface area contributed by atoms with E-state index in [4.69, 9.17) is 18.6 Å². The summed E-state index contributed by atoms with van der Waals surface area (Å²) in [6.45, 7) is 5.26. The van der Waals surface area contributed by atoms with Gasteiger partial charge in [0.25, 0.3) is 0 Å². The van der Waals surface area contributed by atoms with Crippen LogP contribution in [0.2, 0.25) is 0 Å². The fraction of sp³-hybridized carbons (Fsp3) is 0.692. The summed E-state index contributed by atoms with van der Waals surface area (Å²) in [7, 11) is 0. The normalized spacial score (nSPS) is 40.6. The molecule has 8 atom stereocenters. The lowest BCUT2D eigenvalue weighted by Crippen LogP contribution is -2.83. The molecule has 2 saturated carbocycles. The molecular formula is C26H34O11. The highest BCUT2D eigenvalue weighted by Gasteiger charge is 2.80. The Hall–Kier alpha value is -2.76. The van der Waals surface area contributed by atoms with Gasteiger partial charge in [-0.1, -0.05) is 6.92 Å². The van der Waals surface area contributed by atoms with Gasteiger partial charge in [0.1, 0.15) is 36.8 Å². The van der Waals surface area contributed by atoms with Crippen molar-refractivity contribution in [1.82, 2.24) is 0 Å². The van der Waals surface area contributed by atoms with Crippen LogP contribution in [0.4, 0.5) is 0 Å². The van der Waals surface area contributed by atoms with Gasteiger partial charge in [-0.05, 0) is 36.8 Å². The van der Waals surface area contributed by atoms with E-state index in [9.17, 15) is 34.5 Å². The highest BCUT2D eigenvalue weighted by Crippen LogP contribution is 2.69. The third-order valence-corrected chi connectivity index (χ3v) is 9.22. The smallest absolute Gasteiger partial charge is 0.303 e. The number of hydrogen-bond donors (Lipinski definition) is 3. The molecular weight excluding hydrogens is 488 g/mol. The predicted octanol–water partition coefficient (Wildman–Crippen LogP) is 0.590. The van der Waals surface area contributed by atoms with Gasteiger partial charge in [0.2, 0.25) is 0 Å². The molecule has 204 valence electrons. The fourth-order valence-corrected chi connectivity index (χ4v) is 7.40. The van der Waals surface area contributed by atoms with E-state index in [1.165, 1.54) is 6.26 Å². The molecule has 3 aliphatic rings. The van der Waals surface area contributed by atoms with Gasteiger partial charge in [0.15, 0.2) is 5.78 Å². The summed E-state index contributed by atoms with van der Waals surface area (Å²) in [4.78, 5) is 50.1. The predicted molar refractivity (Wildman–Crippen MR) is 124 cm³/mol. The largest absolute Gasteiger partial charge is 0.468 e. The minimum atomic E-state index is -2.41. The molecule has 11 nitrogen and oxygen atoms in total. The Morgan fingerprint density at radius 3 is 2.27 bits per heavy atom. The first-order valence-corrected chi connectivity index (χ1v) is 12.3. The summed E-state index contributed by atoms with van der Waals surface area (Å²) in [6, 6.07) is 1.76. The summed E-state index contributed by atoms with van der Waals surface area (Å²) in [5.74, 6) is -3.77. The Morgan fingerprint density at radius 2 is 1.68 bits per heavy atom. The standard InChI is InChI=1S/C26H34O11/c1-13(27)35-11-25-19(17(30)10-18(37-15(3)29)26(25,33)12-36-14(2)28)23(4)8-6-16-7-9-34-22(16)24(23,5)20(31)21(25)32/h7,9,17-19,21,30,32-33H,6,8,10-12H2,1-5H3/t17-,18+,19+,21-,23+,24-,25-,26+/m0/s1. The quantitative estimate of drug-likeness (QED) is 0.365. The Bertz CT molecular complexity index is 1130. The van der Waals surface area contributed by atoms with Gasteiger partial charge in [0, 0.05) is 33.1 Å². The number of ketones is 1. The van der Waals surface area contributed by atoms with Gasteiger partial charge in [-0.3, -0.25) is 19.2 Å². The fourth-order valence-electron chi connectivity index (χ4n) is 7.40. The molecule has 1 heterocycles. The van der Waals surface area contributed by atoms with Crippen LogP contribution in [0.3, 0.4) is 0 Å². The molecule has 0 saturated heterocycles. The number of ether oxygens (including phenoxy) is 3. The van der Waals surface area contributed by atoms with Crippen molar-refractivity contribution in [1.29, 1.82) is 0 Å². The Morgan fingerprint density at radius 1 is 1.05 bits per heavy atom. The second-order valence-corrected chi connectivity index (χ2v) is 11.0. The number of Topliss-reactive ketones (excluding diaryl/α,β-unsaturated/α-hetero) is 1. The molecule has 3 N–H and O–H groups in total. The van der Waals surface area contributed by atoms with E-state index in [0.29, 0.717) is 18.6 Å². The Kier molecular flexibility index (Phi) is 6.58. The van der Waals surface area contributed by atoms with Crippen molar-refractivity contribution in [3.63, 3.8) is 0 Å². The maximum atomic E-state index is 14.3. The van der Waals surface area contributed by atoms with Crippen LogP contribution in [0, 0.1) is 16.7 Å². The molecule has 0 aromatic carbocycles. The Labute approximate surface area is 214 Å². The van der Waals surface area contributed by atoms with Crippen LogP contribution < -0.4 is 0 Å². The van der Waals surface area contributed by atoms with E-state index in [1.807, 2.05) is 0 Å². The summed E-state index contributed by atoms with van der Waals surface area (Å²) in [5, 5.41) is 35.8. The van der Waals surface area contributed by atoms with Crippen molar-refractivity contribution >= 4 is 23.7 Å². The summed E-state index contributed by atoms with van der Waals surface area (Å²) in [6.07, 6.45) is -2.80. The minimum Gasteiger partial charge on any atom is -0.468 e. The minimum absolute atomic E-state index is 0.276. The molecule has 0 bridgehead atoms. The van der Waals surface area contributed by atoms with Crippen molar-refractivity contribution in [3.8, 4) is 0 Å². The van der Waals surface area contributed by atoms with Crippen LogP contribution in [0.15, 0.2) is 16.7 Å². The molecule has 1 aromatic heterocycles. The van der Waals surface area contributed by atoms with Crippen LogP contribution in [0.1, 0.15) is 58.8 Å². The number of rotatable bonds is 5. The van der Waals surface area contributed by atoms with Gasteiger partial charge in [-0.25, -0.2) is 0 Å². The van der Waals surface area contributed by atoms with E-state index in [-0.39, 0.29) is 6.42 Å². The zero-order valence-corrected chi connectivity index (χ0v) is 21.6. The zero-order chi connectivity index (χ0) is 27.6. The molecule has 2 fully saturated rings. The van der Waals surface area contributed by atoms with E-state index in [0.717, 1.165) is 26.3 Å². The molecule has 1 aromatic rings. The van der Waals surface area contributed by atoms with Crippen molar-refractivity contribution in [2.24, 2.45) is 16.7 Å². The number of esters is 3. The third-order valence-electron chi connectivity index (χ3n) is 9.22.